The molecule has 0 aliphatic carbocycles. The van der Waals surface area contributed by atoms with Crippen LogP contribution in [0, 0.1) is 0 Å². The summed E-state index contributed by atoms with van der Waals surface area (Å²) in [5, 5.41) is 0.227. The number of nitrogens with zero attached hydrogens (tertiary/aromatic N) is 1. The van der Waals surface area contributed by atoms with Crippen LogP contribution in [0.15, 0.2) is 29.4 Å². The van der Waals surface area contributed by atoms with Crippen LogP contribution in [0.3, 0.4) is 0 Å². The van der Waals surface area contributed by atoms with Crippen molar-refractivity contribution in [3.05, 3.63) is 24.5 Å². The van der Waals surface area contributed by atoms with E-state index in [2.05, 4.69) is 9.72 Å². The predicted octanol–water partition coefficient (Wildman–Crippen LogP) is 2.13. The van der Waals surface area contributed by atoms with E-state index in [0.29, 0.717) is 6.42 Å². The predicted molar refractivity (Wildman–Crippen MR) is 56.2 cm³/mol. The molecular formula is C10H13NO2S. The Morgan fingerprint density at radius 2 is 2.21 bits per heavy atom. The number of rotatable bonds is 4. The van der Waals surface area contributed by atoms with Crippen molar-refractivity contribution in [2.24, 2.45) is 0 Å². The SMILES string of the molecule is COC(=O)CC(C)Sc1ccncc1. The number of ether oxygens (including phenoxy) is 1. The van der Waals surface area contributed by atoms with Gasteiger partial charge in [-0.3, -0.25) is 9.78 Å². The van der Waals surface area contributed by atoms with Crippen molar-refractivity contribution in [2.75, 3.05) is 7.11 Å². The average molecular weight is 211 g/mol. The third-order valence-electron chi connectivity index (χ3n) is 1.67. The van der Waals surface area contributed by atoms with Crippen LogP contribution in [0.5, 0.6) is 0 Å². The van der Waals surface area contributed by atoms with Crippen molar-refractivity contribution in [2.45, 2.75) is 23.5 Å². The highest BCUT2D eigenvalue weighted by Crippen LogP contribution is 2.24. The number of methoxy groups -OCH3 is 1. The summed E-state index contributed by atoms with van der Waals surface area (Å²) >= 11 is 1.65. The molecule has 4 heteroatoms. The van der Waals surface area contributed by atoms with E-state index in [4.69, 9.17) is 0 Å². The highest BCUT2D eigenvalue weighted by molar-refractivity contribution is 8.00. The van der Waals surface area contributed by atoms with Crippen LogP contribution in [0.2, 0.25) is 0 Å². The van der Waals surface area contributed by atoms with Gasteiger partial charge in [-0.15, -0.1) is 11.8 Å². The van der Waals surface area contributed by atoms with Crippen LogP contribution in [0.4, 0.5) is 0 Å². The van der Waals surface area contributed by atoms with Crippen LogP contribution in [0.1, 0.15) is 13.3 Å². The second-order valence-corrected chi connectivity index (χ2v) is 4.40. The fourth-order valence-corrected chi connectivity index (χ4v) is 1.97. The number of hydrogen-bond acceptors (Lipinski definition) is 4. The molecule has 1 unspecified atom stereocenters. The highest BCUT2D eigenvalue weighted by Gasteiger charge is 2.09. The maximum Gasteiger partial charge on any atom is 0.306 e. The van der Waals surface area contributed by atoms with Crippen LogP contribution < -0.4 is 0 Å². The summed E-state index contributed by atoms with van der Waals surface area (Å²) in [4.78, 5) is 16.0. The Morgan fingerprint density at radius 1 is 1.57 bits per heavy atom. The Bertz CT molecular complexity index is 289. The first-order chi connectivity index (χ1) is 6.72. The van der Waals surface area contributed by atoms with Gasteiger partial charge in [-0.05, 0) is 12.1 Å². The minimum Gasteiger partial charge on any atom is -0.469 e. The smallest absolute Gasteiger partial charge is 0.306 e. The van der Waals surface area contributed by atoms with Crippen molar-refractivity contribution >= 4 is 17.7 Å². The van der Waals surface area contributed by atoms with Crippen LogP contribution in [-0.4, -0.2) is 23.3 Å². The molecule has 0 N–H and O–H groups in total. The van der Waals surface area contributed by atoms with E-state index in [1.807, 2.05) is 19.1 Å². The molecule has 0 saturated heterocycles. The fraction of sp³-hybridized carbons (Fsp3) is 0.400. The van der Waals surface area contributed by atoms with Crippen molar-refractivity contribution in [3.8, 4) is 0 Å². The summed E-state index contributed by atoms with van der Waals surface area (Å²) in [6.07, 6.45) is 3.92. The molecule has 1 heterocycles. The molecule has 14 heavy (non-hydrogen) atoms. The molecule has 0 aliphatic heterocycles. The first-order valence-corrected chi connectivity index (χ1v) is 5.24. The van der Waals surface area contributed by atoms with Gasteiger partial charge >= 0.3 is 5.97 Å². The molecule has 1 aromatic rings. The second kappa shape index (κ2) is 5.65. The average Bonchev–Trinajstić information content (AvgIpc) is 2.19. The Morgan fingerprint density at radius 3 is 2.79 bits per heavy atom. The normalized spacial score (nSPS) is 12.1. The summed E-state index contributed by atoms with van der Waals surface area (Å²) in [6, 6.07) is 3.86. The lowest BCUT2D eigenvalue weighted by Gasteiger charge is -2.08. The summed E-state index contributed by atoms with van der Waals surface area (Å²) < 4.78 is 4.59. The first-order valence-electron chi connectivity index (χ1n) is 4.36. The van der Waals surface area contributed by atoms with Crippen molar-refractivity contribution < 1.29 is 9.53 Å². The van der Waals surface area contributed by atoms with Crippen molar-refractivity contribution in [1.29, 1.82) is 0 Å². The molecule has 0 amide bonds. The first kappa shape index (κ1) is 11.0. The number of carbonyl (C=O) groups excluding carboxylic acids is 1. The molecule has 3 nitrogen and oxygen atoms in total. The van der Waals surface area contributed by atoms with Gasteiger partial charge in [-0.1, -0.05) is 6.92 Å². The molecule has 0 radical (unpaired) electrons. The van der Waals surface area contributed by atoms with Gasteiger partial charge in [0, 0.05) is 22.5 Å². The highest BCUT2D eigenvalue weighted by atomic mass is 32.2. The fourth-order valence-electron chi connectivity index (χ4n) is 1.01. The number of aromatic nitrogens is 1. The van der Waals surface area contributed by atoms with Crippen molar-refractivity contribution in [3.63, 3.8) is 0 Å². The van der Waals surface area contributed by atoms with Crippen LogP contribution >= 0.6 is 11.8 Å². The van der Waals surface area contributed by atoms with E-state index < -0.39 is 0 Å². The zero-order chi connectivity index (χ0) is 10.4. The number of esters is 1. The molecule has 1 atom stereocenters. The molecule has 0 aromatic carbocycles. The molecule has 1 aromatic heterocycles. The summed E-state index contributed by atoms with van der Waals surface area (Å²) in [6.45, 7) is 2.00. The lowest BCUT2D eigenvalue weighted by atomic mass is 10.3. The topological polar surface area (TPSA) is 39.2 Å². The van der Waals surface area contributed by atoms with E-state index >= 15 is 0 Å². The Hall–Kier alpha value is -1.03. The standard InChI is InChI=1S/C10H13NO2S/c1-8(7-10(12)13-2)14-9-3-5-11-6-4-9/h3-6,8H,7H2,1-2H3. The number of thioether (sulfide) groups is 1. The largest absolute Gasteiger partial charge is 0.469 e. The van der Waals surface area contributed by atoms with Gasteiger partial charge in [-0.2, -0.15) is 0 Å². The van der Waals surface area contributed by atoms with Crippen molar-refractivity contribution in [1.82, 2.24) is 4.98 Å². The Labute approximate surface area is 87.9 Å². The zero-order valence-electron chi connectivity index (χ0n) is 8.27. The molecule has 0 saturated carbocycles. The molecular weight excluding hydrogens is 198 g/mol. The second-order valence-electron chi connectivity index (χ2n) is 2.89. The van der Waals surface area contributed by atoms with Crippen LogP contribution in [-0.2, 0) is 9.53 Å². The number of pyridine rings is 1. The van der Waals surface area contributed by atoms with E-state index in [1.165, 1.54) is 7.11 Å². The molecule has 0 fully saturated rings. The van der Waals surface area contributed by atoms with Gasteiger partial charge in [-0.25, -0.2) is 0 Å². The van der Waals surface area contributed by atoms with E-state index in [9.17, 15) is 4.79 Å². The number of carbonyl (C=O) groups is 1. The summed E-state index contributed by atoms with van der Waals surface area (Å²) in [7, 11) is 1.41. The van der Waals surface area contributed by atoms with E-state index in [-0.39, 0.29) is 11.2 Å². The third-order valence-corrected chi connectivity index (χ3v) is 2.78. The lowest BCUT2D eigenvalue weighted by molar-refractivity contribution is -0.140. The summed E-state index contributed by atoms with van der Waals surface area (Å²) in [5.74, 6) is -0.168. The van der Waals surface area contributed by atoms with Gasteiger partial charge in [0.25, 0.3) is 0 Å². The Balaban J connectivity index is 2.41. The molecule has 0 bridgehead atoms. The minimum atomic E-state index is -0.168. The Kier molecular flexibility index (Phi) is 4.46. The third kappa shape index (κ3) is 3.79. The van der Waals surface area contributed by atoms with E-state index in [0.717, 1.165) is 4.90 Å². The summed E-state index contributed by atoms with van der Waals surface area (Å²) in [5.41, 5.74) is 0. The quantitative estimate of drug-likeness (QED) is 0.565. The van der Waals surface area contributed by atoms with Gasteiger partial charge in [0.1, 0.15) is 0 Å². The number of hydrogen-bond donors (Lipinski definition) is 0. The van der Waals surface area contributed by atoms with E-state index in [1.54, 1.807) is 24.2 Å². The maximum absolute atomic E-state index is 11.0. The molecule has 1 rings (SSSR count). The lowest BCUT2D eigenvalue weighted by Crippen LogP contribution is -2.08. The van der Waals surface area contributed by atoms with Crippen LogP contribution in [0.25, 0.3) is 0 Å². The molecule has 76 valence electrons. The maximum atomic E-state index is 11.0. The molecule has 0 spiro atoms. The minimum absolute atomic E-state index is 0.168. The van der Waals surface area contributed by atoms with Gasteiger partial charge in [0.05, 0.1) is 13.5 Å². The zero-order valence-corrected chi connectivity index (χ0v) is 9.08. The monoisotopic (exact) mass is 211 g/mol. The van der Waals surface area contributed by atoms with Gasteiger partial charge < -0.3 is 4.74 Å². The van der Waals surface area contributed by atoms with Gasteiger partial charge in [0.2, 0.25) is 0 Å². The molecule has 0 aliphatic rings. The van der Waals surface area contributed by atoms with Gasteiger partial charge in [0.15, 0.2) is 0 Å².